The van der Waals surface area contributed by atoms with E-state index in [9.17, 15) is 0 Å². The van der Waals surface area contributed by atoms with E-state index in [0.29, 0.717) is 17.3 Å². The first-order chi connectivity index (χ1) is 10.5. The molecule has 0 radical (unpaired) electrons. The van der Waals surface area contributed by atoms with Crippen LogP contribution in [0.25, 0.3) is 0 Å². The summed E-state index contributed by atoms with van der Waals surface area (Å²) in [6.45, 7) is 4.73. The average molecular weight is 333 g/mol. The zero-order valence-electron chi connectivity index (χ0n) is 13.2. The van der Waals surface area contributed by atoms with Gasteiger partial charge in [-0.15, -0.1) is 11.8 Å². The largest absolute Gasteiger partial charge is 0.496 e. The van der Waals surface area contributed by atoms with Crippen LogP contribution in [-0.4, -0.2) is 12.9 Å². The summed E-state index contributed by atoms with van der Waals surface area (Å²) in [6, 6.07) is 16.7. The maximum absolute atomic E-state index is 6.12. The Kier molecular flexibility index (Phi) is 4.42. The van der Waals surface area contributed by atoms with Crippen molar-refractivity contribution in [3.8, 4) is 5.75 Å². The lowest BCUT2D eigenvalue weighted by molar-refractivity contribution is 0.405. The van der Waals surface area contributed by atoms with Gasteiger partial charge in [0, 0.05) is 10.8 Å². The fourth-order valence-corrected chi connectivity index (χ4v) is 5.04. The van der Waals surface area contributed by atoms with Crippen molar-refractivity contribution in [2.75, 3.05) is 12.9 Å². The molecule has 1 saturated carbocycles. The lowest BCUT2D eigenvalue weighted by Crippen LogP contribution is -1.94. The molecule has 0 N–H and O–H groups in total. The monoisotopic (exact) mass is 332 g/mol. The molecule has 0 aromatic heterocycles. The van der Waals surface area contributed by atoms with Crippen LogP contribution in [0.2, 0.25) is 5.02 Å². The van der Waals surface area contributed by atoms with Gasteiger partial charge in [-0.25, -0.2) is 0 Å². The van der Waals surface area contributed by atoms with Crippen molar-refractivity contribution in [3.63, 3.8) is 0 Å². The van der Waals surface area contributed by atoms with Gasteiger partial charge in [-0.05, 0) is 41.0 Å². The van der Waals surface area contributed by atoms with Crippen molar-refractivity contribution in [2.24, 2.45) is 11.3 Å². The minimum Gasteiger partial charge on any atom is -0.496 e. The summed E-state index contributed by atoms with van der Waals surface area (Å²) in [5, 5.41) is 0.762. The Balaban J connectivity index is 1.71. The van der Waals surface area contributed by atoms with Gasteiger partial charge >= 0.3 is 0 Å². The van der Waals surface area contributed by atoms with Crippen LogP contribution in [0.3, 0.4) is 0 Å². The molecule has 0 spiro atoms. The smallest absolute Gasteiger partial charge is 0.132 e. The SMILES string of the molecule is COc1ccc(Cl)cc1SC[C@@H]1C(c2ccccc2)C1(C)C. The molecule has 1 unspecified atom stereocenters. The molecule has 1 nitrogen and oxygen atoms in total. The number of thioether (sulfide) groups is 1. The molecular weight excluding hydrogens is 312 g/mol. The third kappa shape index (κ3) is 3.00. The highest BCUT2D eigenvalue weighted by atomic mass is 35.5. The van der Waals surface area contributed by atoms with Crippen molar-refractivity contribution in [2.45, 2.75) is 24.7 Å². The summed E-state index contributed by atoms with van der Waals surface area (Å²) in [5.74, 6) is 3.32. The van der Waals surface area contributed by atoms with E-state index in [0.717, 1.165) is 21.4 Å². The van der Waals surface area contributed by atoms with Gasteiger partial charge in [0.05, 0.1) is 12.0 Å². The van der Waals surface area contributed by atoms with Gasteiger partial charge < -0.3 is 4.74 Å². The second kappa shape index (κ2) is 6.17. The molecule has 2 aromatic rings. The Morgan fingerprint density at radius 3 is 2.55 bits per heavy atom. The number of halogens is 1. The van der Waals surface area contributed by atoms with Crippen molar-refractivity contribution in [3.05, 3.63) is 59.1 Å². The first kappa shape index (κ1) is 15.8. The maximum Gasteiger partial charge on any atom is 0.132 e. The zero-order chi connectivity index (χ0) is 15.7. The third-order valence-electron chi connectivity index (χ3n) is 4.75. The highest BCUT2D eigenvalue weighted by Crippen LogP contribution is 2.65. The van der Waals surface area contributed by atoms with Crippen LogP contribution in [0.5, 0.6) is 5.75 Å². The van der Waals surface area contributed by atoms with Gasteiger partial charge in [0.25, 0.3) is 0 Å². The predicted octanol–water partition coefficient (Wildman–Crippen LogP) is 5.88. The number of methoxy groups -OCH3 is 1. The normalized spacial score (nSPS) is 22.4. The first-order valence-electron chi connectivity index (χ1n) is 7.55. The number of ether oxygens (including phenoxy) is 1. The lowest BCUT2D eigenvalue weighted by Gasteiger charge is -2.09. The maximum atomic E-state index is 6.12. The van der Waals surface area contributed by atoms with E-state index in [-0.39, 0.29) is 0 Å². The fraction of sp³-hybridized carbons (Fsp3) is 0.368. The topological polar surface area (TPSA) is 9.23 Å². The highest BCUT2D eigenvalue weighted by molar-refractivity contribution is 7.99. The van der Waals surface area contributed by atoms with Crippen molar-refractivity contribution in [1.29, 1.82) is 0 Å². The van der Waals surface area contributed by atoms with Gasteiger partial charge in [-0.1, -0.05) is 55.8 Å². The Bertz CT molecular complexity index is 654. The van der Waals surface area contributed by atoms with Crippen LogP contribution in [0.15, 0.2) is 53.4 Å². The molecule has 0 bridgehead atoms. The summed E-state index contributed by atoms with van der Waals surface area (Å²) in [7, 11) is 1.71. The Morgan fingerprint density at radius 2 is 1.86 bits per heavy atom. The van der Waals surface area contributed by atoms with E-state index in [2.05, 4.69) is 44.2 Å². The van der Waals surface area contributed by atoms with Crippen LogP contribution in [0, 0.1) is 11.3 Å². The molecule has 0 amide bonds. The molecule has 2 aromatic carbocycles. The fourth-order valence-electron chi connectivity index (χ4n) is 3.32. The second-order valence-electron chi connectivity index (χ2n) is 6.42. The van der Waals surface area contributed by atoms with E-state index >= 15 is 0 Å². The Morgan fingerprint density at radius 1 is 1.14 bits per heavy atom. The van der Waals surface area contributed by atoms with E-state index in [1.807, 2.05) is 30.0 Å². The second-order valence-corrected chi connectivity index (χ2v) is 7.92. The average Bonchev–Trinajstić information content (AvgIpc) is 3.07. The van der Waals surface area contributed by atoms with Crippen LogP contribution in [0.1, 0.15) is 25.3 Å². The van der Waals surface area contributed by atoms with E-state index < -0.39 is 0 Å². The Hall–Kier alpha value is -1.12. The quantitative estimate of drug-likeness (QED) is 0.632. The van der Waals surface area contributed by atoms with Gasteiger partial charge in [-0.2, -0.15) is 0 Å². The standard InChI is InChI=1S/C19H21ClOS/c1-19(2)15(18(19)13-7-5-4-6-8-13)12-22-17-11-14(20)9-10-16(17)21-3/h4-11,15,18H,12H2,1-3H3/t15-,18?/m1/s1. The van der Waals surface area contributed by atoms with Crippen molar-refractivity contribution >= 4 is 23.4 Å². The molecule has 1 aliphatic rings. The minimum atomic E-state index is 0.361. The van der Waals surface area contributed by atoms with Gasteiger partial charge in [0.15, 0.2) is 0 Å². The molecule has 116 valence electrons. The summed E-state index contributed by atoms with van der Waals surface area (Å²) in [6.07, 6.45) is 0. The molecule has 3 rings (SSSR count). The lowest BCUT2D eigenvalue weighted by atomic mass is 10.0. The Labute approximate surface area is 142 Å². The molecular formula is C19H21ClOS. The van der Waals surface area contributed by atoms with Gasteiger partial charge in [-0.3, -0.25) is 0 Å². The van der Waals surface area contributed by atoms with Crippen molar-refractivity contribution in [1.82, 2.24) is 0 Å². The third-order valence-corrected chi connectivity index (χ3v) is 6.14. The molecule has 2 atom stereocenters. The molecule has 0 heterocycles. The van der Waals surface area contributed by atoms with Crippen LogP contribution in [-0.2, 0) is 0 Å². The summed E-state index contributed by atoms with van der Waals surface area (Å²) in [4.78, 5) is 1.13. The van der Waals surface area contributed by atoms with Crippen LogP contribution >= 0.6 is 23.4 Å². The number of hydrogen-bond acceptors (Lipinski definition) is 2. The number of benzene rings is 2. The van der Waals surface area contributed by atoms with E-state index in [1.54, 1.807) is 7.11 Å². The zero-order valence-corrected chi connectivity index (χ0v) is 14.7. The molecule has 22 heavy (non-hydrogen) atoms. The van der Waals surface area contributed by atoms with Gasteiger partial charge in [0.2, 0.25) is 0 Å². The molecule has 3 heteroatoms. The number of hydrogen-bond donors (Lipinski definition) is 0. The minimum absolute atomic E-state index is 0.361. The number of rotatable bonds is 5. The highest BCUT2D eigenvalue weighted by Gasteiger charge is 2.57. The summed E-state index contributed by atoms with van der Waals surface area (Å²) in [5.41, 5.74) is 1.82. The summed E-state index contributed by atoms with van der Waals surface area (Å²) < 4.78 is 5.44. The van der Waals surface area contributed by atoms with Crippen LogP contribution in [0.4, 0.5) is 0 Å². The van der Waals surface area contributed by atoms with E-state index in [1.165, 1.54) is 5.56 Å². The van der Waals surface area contributed by atoms with Crippen molar-refractivity contribution < 1.29 is 4.74 Å². The predicted molar refractivity (Wildman–Crippen MR) is 95.2 cm³/mol. The summed E-state index contributed by atoms with van der Waals surface area (Å²) >= 11 is 7.96. The van der Waals surface area contributed by atoms with E-state index in [4.69, 9.17) is 16.3 Å². The molecule has 0 saturated heterocycles. The molecule has 1 fully saturated rings. The molecule has 0 aliphatic heterocycles. The van der Waals surface area contributed by atoms with Crippen LogP contribution < -0.4 is 4.74 Å². The van der Waals surface area contributed by atoms with Gasteiger partial charge in [0.1, 0.15) is 5.75 Å². The molecule has 1 aliphatic carbocycles. The first-order valence-corrected chi connectivity index (χ1v) is 8.91.